The number of aromatic nitrogens is 2. The monoisotopic (exact) mass is 484 g/mol. The van der Waals surface area contributed by atoms with Gasteiger partial charge in [0.1, 0.15) is 17.3 Å². The van der Waals surface area contributed by atoms with E-state index < -0.39 is 0 Å². The highest BCUT2D eigenvalue weighted by Crippen LogP contribution is 2.29. The molecule has 178 valence electrons. The molecule has 1 aliphatic rings. The minimum atomic E-state index is -0.269. The molecule has 4 rings (SSSR count). The lowest BCUT2D eigenvalue weighted by atomic mass is 10.1. The topological polar surface area (TPSA) is 96.5 Å². The molecule has 3 aromatic rings. The Bertz CT molecular complexity index is 1230. The predicted molar refractivity (Wildman–Crippen MR) is 128 cm³/mol. The van der Waals surface area contributed by atoms with Crippen molar-refractivity contribution >= 4 is 23.4 Å². The average molecular weight is 485 g/mol. The minimum absolute atomic E-state index is 0.0682. The Morgan fingerprint density at radius 1 is 1.21 bits per heavy atom. The van der Waals surface area contributed by atoms with Crippen molar-refractivity contribution in [3.63, 3.8) is 0 Å². The fraction of sp³-hybridized carbons (Fsp3) is 0.292. The van der Waals surface area contributed by atoms with Gasteiger partial charge in [0.15, 0.2) is 5.16 Å². The molecule has 2 aromatic carbocycles. The molecule has 0 atom stereocenters. The lowest BCUT2D eigenvalue weighted by Crippen LogP contribution is -2.35. The number of ether oxygens (including phenoxy) is 2. The third-order valence-corrected chi connectivity index (χ3v) is 6.34. The van der Waals surface area contributed by atoms with Crippen LogP contribution in [0.3, 0.4) is 0 Å². The average Bonchev–Trinajstić information content (AvgIpc) is 2.84. The van der Waals surface area contributed by atoms with Crippen LogP contribution in [0.1, 0.15) is 16.8 Å². The SMILES string of the molecule is COc1ccc(OC)c(NC(=O)CSc2nc3c(c(=O)[nH]2)CN(Cc2ccc(F)cc2)CC3)c1. The summed E-state index contributed by atoms with van der Waals surface area (Å²) in [5, 5.41) is 3.21. The summed E-state index contributed by atoms with van der Waals surface area (Å²) >= 11 is 1.16. The second-order valence-corrected chi connectivity index (χ2v) is 8.75. The van der Waals surface area contributed by atoms with Gasteiger partial charge in [0.05, 0.1) is 36.9 Å². The van der Waals surface area contributed by atoms with Crippen LogP contribution < -0.4 is 20.3 Å². The van der Waals surface area contributed by atoms with Crippen LogP contribution in [0.15, 0.2) is 52.4 Å². The largest absolute Gasteiger partial charge is 0.497 e. The Morgan fingerprint density at radius 2 is 2.00 bits per heavy atom. The van der Waals surface area contributed by atoms with E-state index in [1.165, 1.54) is 19.2 Å². The molecule has 0 fully saturated rings. The van der Waals surface area contributed by atoms with Crippen LogP contribution in [0, 0.1) is 5.82 Å². The Labute approximate surface area is 200 Å². The molecule has 10 heteroatoms. The Hall–Kier alpha value is -3.37. The summed E-state index contributed by atoms with van der Waals surface area (Å²) < 4.78 is 23.6. The van der Waals surface area contributed by atoms with Gasteiger partial charge >= 0.3 is 0 Å². The highest BCUT2D eigenvalue weighted by atomic mass is 32.2. The molecule has 0 spiro atoms. The number of rotatable bonds is 8. The quantitative estimate of drug-likeness (QED) is 0.374. The second kappa shape index (κ2) is 10.7. The number of hydrogen-bond acceptors (Lipinski definition) is 7. The number of amides is 1. The van der Waals surface area contributed by atoms with E-state index in [9.17, 15) is 14.0 Å². The maximum absolute atomic E-state index is 13.1. The highest BCUT2D eigenvalue weighted by Gasteiger charge is 2.22. The van der Waals surface area contributed by atoms with Crippen molar-refractivity contribution in [2.24, 2.45) is 0 Å². The molecule has 0 radical (unpaired) electrons. The number of carbonyl (C=O) groups is 1. The molecule has 1 amide bonds. The van der Waals surface area contributed by atoms with Crippen LogP contribution in [0.5, 0.6) is 11.5 Å². The number of anilines is 1. The van der Waals surface area contributed by atoms with E-state index in [1.54, 1.807) is 37.4 Å². The summed E-state index contributed by atoms with van der Waals surface area (Å²) in [4.78, 5) is 34.7. The number of carbonyl (C=O) groups excluding carboxylic acids is 1. The van der Waals surface area contributed by atoms with Gasteiger partial charge in [-0.3, -0.25) is 14.5 Å². The lowest BCUT2D eigenvalue weighted by Gasteiger charge is -2.27. The number of H-pyrrole nitrogens is 1. The molecule has 2 heterocycles. The number of hydrogen-bond donors (Lipinski definition) is 2. The molecule has 0 saturated carbocycles. The van der Waals surface area contributed by atoms with Crippen LogP contribution in [0.2, 0.25) is 0 Å². The molecule has 0 saturated heterocycles. The lowest BCUT2D eigenvalue weighted by molar-refractivity contribution is -0.113. The number of thioether (sulfide) groups is 1. The molecular formula is C24H25FN4O4S. The van der Waals surface area contributed by atoms with Gasteiger partial charge in [0.25, 0.3) is 5.56 Å². The first-order chi connectivity index (χ1) is 16.4. The van der Waals surface area contributed by atoms with Crippen molar-refractivity contribution in [3.8, 4) is 11.5 Å². The zero-order chi connectivity index (χ0) is 24.1. The number of nitrogens with one attached hydrogen (secondary N) is 2. The van der Waals surface area contributed by atoms with Gasteiger partial charge in [0.2, 0.25) is 5.91 Å². The van der Waals surface area contributed by atoms with Gasteiger partial charge in [-0.15, -0.1) is 0 Å². The fourth-order valence-corrected chi connectivity index (χ4v) is 4.42. The first-order valence-corrected chi connectivity index (χ1v) is 11.7. The summed E-state index contributed by atoms with van der Waals surface area (Å²) in [7, 11) is 3.07. The van der Waals surface area contributed by atoms with Crippen molar-refractivity contribution in [2.75, 3.05) is 31.8 Å². The van der Waals surface area contributed by atoms with Crippen molar-refractivity contribution in [1.82, 2.24) is 14.9 Å². The van der Waals surface area contributed by atoms with Gasteiger partial charge in [-0.25, -0.2) is 9.37 Å². The number of aromatic amines is 1. The Kier molecular flexibility index (Phi) is 7.49. The van der Waals surface area contributed by atoms with E-state index in [2.05, 4.69) is 20.2 Å². The third kappa shape index (κ3) is 5.75. The maximum Gasteiger partial charge on any atom is 0.256 e. The summed E-state index contributed by atoms with van der Waals surface area (Å²) in [6.45, 7) is 1.83. The smallest absolute Gasteiger partial charge is 0.256 e. The molecule has 1 aliphatic heterocycles. The number of halogens is 1. The fourth-order valence-electron chi connectivity index (χ4n) is 3.74. The minimum Gasteiger partial charge on any atom is -0.497 e. The molecule has 34 heavy (non-hydrogen) atoms. The zero-order valence-electron chi connectivity index (χ0n) is 18.9. The Balaban J connectivity index is 1.38. The molecule has 8 nitrogen and oxygen atoms in total. The second-order valence-electron chi connectivity index (χ2n) is 7.79. The van der Waals surface area contributed by atoms with E-state index >= 15 is 0 Å². The van der Waals surface area contributed by atoms with Crippen molar-refractivity contribution in [1.29, 1.82) is 0 Å². The van der Waals surface area contributed by atoms with E-state index in [-0.39, 0.29) is 23.0 Å². The van der Waals surface area contributed by atoms with E-state index in [4.69, 9.17) is 9.47 Å². The van der Waals surface area contributed by atoms with Crippen LogP contribution in [-0.2, 0) is 24.3 Å². The number of benzene rings is 2. The zero-order valence-corrected chi connectivity index (χ0v) is 19.7. The third-order valence-electron chi connectivity index (χ3n) is 5.47. The van der Waals surface area contributed by atoms with E-state index in [0.717, 1.165) is 29.6 Å². The summed E-state index contributed by atoms with van der Waals surface area (Å²) in [5.74, 6) is 0.651. The predicted octanol–water partition coefficient (Wildman–Crippen LogP) is 3.22. The van der Waals surface area contributed by atoms with Crippen molar-refractivity contribution in [2.45, 2.75) is 24.7 Å². The normalized spacial score (nSPS) is 13.3. The van der Waals surface area contributed by atoms with Gasteiger partial charge in [-0.2, -0.15) is 0 Å². The van der Waals surface area contributed by atoms with Crippen LogP contribution >= 0.6 is 11.8 Å². The number of fused-ring (bicyclic) bond motifs is 1. The van der Waals surface area contributed by atoms with Crippen molar-refractivity contribution in [3.05, 3.63) is 75.5 Å². The Morgan fingerprint density at radius 3 is 2.74 bits per heavy atom. The van der Waals surface area contributed by atoms with Gasteiger partial charge in [-0.1, -0.05) is 23.9 Å². The van der Waals surface area contributed by atoms with Gasteiger partial charge in [0, 0.05) is 32.1 Å². The van der Waals surface area contributed by atoms with Crippen LogP contribution in [-0.4, -0.2) is 47.3 Å². The summed E-state index contributed by atoms with van der Waals surface area (Å²) in [6.07, 6.45) is 0.626. The standard InChI is InChI=1S/C24H25FN4O4S/c1-32-17-7-8-21(33-2)20(11-17)26-22(30)14-34-24-27-19-9-10-29(13-18(19)23(31)28-24)12-15-3-5-16(25)6-4-15/h3-8,11H,9-10,12-14H2,1-2H3,(H,26,30)(H,27,28,31). The first-order valence-electron chi connectivity index (χ1n) is 10.7. The van der Waals surface area contributed by atoms with Crippen molar-refractivity contribution < 1.29 is 18.7 Å². The molecule has 1 aromatic heterocycles. The van der Waals surface area contributed by atoms with Crippen LogP contribution in [0.25, 0.3) is 0 Å². The summed E-state index contributed by atoms with van der Waals surface area (Å²) in [5.41, 5.74) is 2.66. The maximum atomic E-state index is 13.1. The van der Waals surface area contributed by atoms with Gasteiger partial charge in [-0.05, 0) is 29.8 Å². The number of nitrogens with zero attached hydrogens (tertiary/aromatic N) is 2. The molecule has 0 unspecified atom stereocenters. The van der Waals surface area contributed by atoms with Crippen LogP contribution in [0.4, 0.5) is 10.1 Å². The van der Waals surface area contributed by atoms with E-state index in [1.807, 2.05) is 0 Å². The summed E-state index contributed by atoms with van der Waals surface area (Å²) in [6, 6.07) is 11.5. The van der Waals surface area contributed by atoms with Gasteiger partial charge < -0.3 is 19.8 Å². The van der Waals surface area contributed by atoms with E-state index in [0.29, 0.717) is 47.4 Å². The first kappa shape index (κ1) is 23.8. The molecule has 0 aliphatic carbocycles. The highest BCUT2D eigenvalue weighted by molar-refractivity contribution is 7.99. The number of methoxy groups -OCH3 is 2. The molecular weight excluding hydrogens is 459 g/mol. The molecule has 0 bridgehead atoms. The molecule has 2 N–H and O–H groups in total.